The van der Waals surface area contributed by atoms with Gasteiger partial charge in [-0.25, -0.2) is 0 Å². The summed E-state index contributed by atoms with van der Waals surface area (Å²) in [6, 6.07) is 7.12. The van der Waals surface area contributed by atoms with Crippen molar-refractivity contribution in [2.75, 3.05) is 24.4 Å². The Morgan fingerprint density at radius 2 is 1.57 bits per heavy atom. The molecule has 0 bridgehead atoms. The first-order valence-corrected chi connectivity index (χ1v) is 8.36. The third-order valence-corrected chi connectivity index (χ3v) is 4.23. The van der Waals surface area contributed by atoms with Crippen LogP contribution in [0.4, 0.5) is 11.4 Å². The van der Waals surface area contributed by atoms with Crippen LogP contribution in [-0.2, 0) is 14.3 Å². The number of nitrogens with one attached hydrogen (secondary N) is 2. The second-order valence-corrected chi connectivity index (χ2v) is 6.15. The number of amides is 2. The Kier molecular flexibility index (Phi) is 7.07. The van der Waals surface area contributed by atoms with Gasteiger partial charge in [0.25, 0.3) is 0 Å². The number of rotatable bonds is 7. The van der Waals surface area contributed by atoms with Gasteiger partial charge in [0, 0.05) is 24.9 Å². The molecule has 2 rings (SSSR count). The van der Waals surface area contributed by atoms with Gasteiger partial charge in [-0.1, -0.05) is 32.1 Å². The van der Waals surface area contributed by atoms with Crippen LogP contribution < -0.4 is 10.6 Å². The first-order chi connectivity index (χ1) is 11.2. The minimum atomic E-state index is -0.197. The molecule has 5 heteroatoms. The quantitative estimate of drug-likeness (QED) is 0.807. The fourth-order valence-corrected chi connectivity index (χ4v) is 3.00. The molecule has 1 fully saturated rings. The van der Waals surface area contributed by atoms with E-state index in [1.165, 1.54) is 39.2 Å². The number of ether oxygens (including phenoxy) is 1. The molecule has 1 saturated carbocycles. The van der Waals surface area contributed by atoms with E-state index in [-0.39, 0.29) is 18.4 Å². The minimum Gasteiger partial charge on any atom is -0.375 e. The van der Waals surface area contributed by atoms with Gasteiger partial charge in [-0.3, -0.25) is 9.59 Å². The normalized spacial score (nSPS) is 15.2. The molecular weight excluding hydrogens is 292 g/mol. The molecule has 0 radical (unpaired) electrons. The van der Waals surface area contributed by atoms with Gasteiger partial charge in [0.15, 0.2) is 0 Å². The van der Waals surface area contributed by atoms with Gasteiger partial charge in [0.2, 0.25) is 11.8 Å². The maximum absolute atomic E-state index is 12.0. The number of anilines is 2. The first-order valence-electron chi connectivity index (χ1n) is 8.36. The van der Waals surface area contributed by atoms with Crippen LogP contribution in [0.1, 0.15) is 44.9 Å². The number of carbonyl (C=O) groups is 2. The number of hydrogen-bond donors (Lipinski definition) is 2. The summed E-state index contributed by atoms with van der Waals surface area (Å²) in [7, 11) is 1.48. The predicted octanol–water partition coefficient (Wildman–Crippen LogP) is 3.57. The zero-order valence-corrected chi connectivity index (χ0v) is 13.8. The third-order valence-electron chi connectivity index (χ3n) is 4.23. The van der Waals surface area contributed by atoms with Gasteiger partial charge >= 0.3 is 0 Å². The van der Waals surface area contributed by atoms with Crippen molar-refractivity contribution in [2.45, 2.75) is 44.9 Å². The zero-order valence-electron chi connectivity index (χ0n) is 13.8. The summed E-state index contributed by atoms with van der Waals surface area (Å²) >= 11 is 0. The summed E-state index contributed by atoms with van der Waals surface area (Å²) in [5.74, 6) is 0.580. The lowest BCUT2D eigenvalue weighted by Crippen LogP contribution is -2.17. The van der Waals surface area contributed by atoms with E-state index in [9.17, 15) is 9.59 Å². The van der Waals surface area contributed by atoms with Crippen LogP contribution in [0.2, 0.25) is 0 Å². The molecule has 1 aliphatic carbocycles. The van der Waals surface area contributed by atoms with Crippen LogP contribution >= 0.6 is 0 Å². The minimum absolute atomic E-state index is 0.0274. The van der Waals surface area contributed by atoms with Gasteiger partial charge in [-0.05, 0) is 36.6 Å². The molecule has 126 valence electrons. The van der Waals surface area contributed by atoms with Crippen molar-refractivity contribution in [3.05, 3.63) is 24.3 Å². The lowest BCUT2D eigenvalue weighted by Gasteiger charge is -2.21. The number of benzene rings is 1. The van der Waals surface area contributed by atoms with E-state index < -0.39 is 0 Å². The summed E-state index contributed by atoms with van der Waals surface area (Å²) in [5.41, 5.74) is 1.44. The smallest absolute Gasteiger partial charge is 0.250 e. The lowest BCUT2D eigenvalue weighted by molar-refractivity contribution is -0.119. The van der Waals surface area contributed by atoms with E-state index in [0.29, 0.717) is 18.0 Å². The topological polar surface area (TPSA) is 67.4 Å². The van der Waals surface area contributed by atoms with E-state index in [4.69, 9.17) is 4.74 Å². The Bertz CT molecular complexity index is 508. The van der Waals surface area contributed by atoms with Crippen LogP contribution in [0.3, 0.4) is 0 Å². The number of methoxy groups -OCH3 is 1. The Labute approximate surface area is 137 Å². The highest BCUT2D eigenvalue weighted by molar-refractivity contribution is 5.93. The molecule has 5 nitrogen and oxygen atoms in total. The Hall–Kier alpha value is -1.88. The molecule has 0 unspecified atom stereocenters. The molecule has 0 aliphatic heterocycles. The lowest BCUT2D eigenvalue weighted by atomic mass is 9.86. The first kappa shape index (κ1) is 17.5. The van der Waals surface area contributed by atoms with E-state index >= 15 is 0 Å². The van der Waals surface area contributed by atoms with Crippen LogP contribution in [-0.4, -0.2) is 25.5 Å². The fourth-order valence-electron chi connectivity index (χ4n) is 3.00. The predicted molar refractivity (Wildman–Crippen MR) is 91.4 cm³/mol. The fraction of sp³-hybridized carbons (Fsp3) is 0.556. The van der Waals surface area contributed by atoms with Crippen molar-refractivity contribution in [1.82, 2.24) is 0 Å². The molecular formula is C18H26N2O3. The largest absolute Gasteiger partial charge is 0.375 e. The van der Waals surface area contributed by atoms with Crippen molar-refractivity contribution < 1.29 is 14.3 Å². The zero-order chi connectivity index (χ0) is 16.5. The highest BCUT2D eigenvalue weighted by atomic mass is 16.5. The van der Waals surface area contributed by atoms with Crippen LogP contribution in [0.15, 0.2) is 24.3 Å². The highest BCUT2D eigenvalue weighted by Crippen LogP contribution is 2.27. The van der Waals surface area contributed by atoms with E-state index in [1.807, 2.05) is 0 Å². The molecule has 0 heterocycles. The summed E-state index contributed by atoms with van der Waals surface area (Å²) in [6.45, 7) is 0.0274. The van der Waals surface area contributed by atoms with E-state index in [0.717, 1.165) is 12.1 Å². The van der Waals surface area contributed by atoms with Gasteiger partial charge in [-0.15, -0.1) is 0 Å². The molecule has 1 aromatic rings. The van der Waals surface area contributed by atoms with Gasteiger partial charge in [-0.2, -0.15) is 0 Å². The molecule has 2 amide bonds. The Morgan fingerprint density at radius 1 is 1.00 bits per heavy atom. The maximum atomic E-state index is 12.0. The Balaban J connectivity index is 1.73. The van der Waals surface area contributed by atoms with Gasteiger partial charge < -0.3 is 15.4 Å². The number of carbonyl (C=O) groups excluding carboxylic acids is 2. The second kappa shape index (κ2) is 9.30. The van der Waals surface area contributed by atoms with Crippen molar-refractivity contribution in [3.63, 3.8) is 0 Å². The van der Waals surface area contributed by atoms with Crippen LogP contribution in [0.5, 0.6) is 0 Å². The van der Waals surface area contributed by atoms with Crippen LogP contribution in [0.25, 0.3) is 0 Å². The molecule has 0 spiro atoms. The van der Waals surface area contributed by atoms with Crippen molar-refractivity contribution in [2.24, 2.45) is 5.92 Å². The molecule has 0 saturated heterocycles. The Morgan fingerprint density at radius 3 is 2.13 bits per heavy atom. The van der Waals surface area contributed by atoms with Crippen molar-refractivity contribution in [3.8, 4) is 0 Å². The molecule has 0 aromatic heterocycles. The molecule has 23 heavy (non-hydrogen) atoms. The average Bonchev–Trinajstić information content (AvgIpc) is 2.56. The van der Waals surface area contributed by atoms with Crippen molar-refractivity contribution >= 4 is 23.2 Å². The second-order valence-electron chi connectivity index (χ2n) is 6.15. The average molecular weight is 318 g/mol. The number of hydrogen-bond acceptors (Lipinski definition) is 3. The summed E-state index contributed by atoms with van der Waals surface area (Å²) in [5, 5.41) is 5.63. The summed E-state index contributed by atoms with van der Waals surface area (Å²) < 4.78 is 4.76. The standard InChI is InChI=1S/C18H26N2O3/c1-23-13-18(22)20-16-10-8-15(9-11-16)19-17(21)12-7-14-5-3-2-4-6-14/h8-11,14H,2-7,12-13H2,1H3,(H,19,21)(H,20,22). The van der Waals surface area contributed by atoms with Crippen LogP contribution in [0, 0.1) is 5.92 Å². The van der Waals surface area contributed by atoms with Gasteiger partial charge in [0.05, 0.1) is 0 Å². The van der Waals surface area contributed by atoms with E-state index in [1.54, 1.807) is 24.3 Å². The maximum Gasteiger partial charge on any atom is 0.250 e. The van der Waals surface area contributed by atoms with Crippen molar-refractivity contribution in [1.29, 1.82) is 0 Å². The summed E-state index contributed by atoms with van der Waals surface area (Å²) in [4.78, 5) is 23.4. The van der Waals surface area contributed by atoms with Gasteiger partial charge in [0.1, 0.15) is 6.61 Å². The molecule has 2 N–H and O–H groups in total. The van der Waals surface area contributed by atoms with E-state index in [2.05, 4.69) is 10.6 Å². The monoisotopic (exact) mass is 318 g/mol. The SMILES string of the molecule is COCC(=O)Nc1ccc(NC(=O)CCC2CCCCC2)cc1. The third kappa shape index (κ3) is 6.40. The summed E-state index contributed by atoms with van der Waals surface area (Å²) in [6.07, 6.45) is 8.06. The molecule has 0 atom stereocenters. The molecule has 1 aromatic carbocycles. The molecule has 1 aliphatic rings. The highest BCUT2D eigenvalue weighted by Gasteiger charge is 2.14.